The summed E-state index contributed by atoms with van der Waals surface area (Å²) in [5.41, 5.74) is 1.01. The molecule has 2 heterocycles. The molecule has 0 fully saturated rings. The van der Waals surface area contributed by atoms with Gasteiger partial charge in [-0.1, -0.05) is 18.2 Å². The number of nitrogens with zero attached hydrogens (tertiary/aromatic N) is 3. The van der Waals surface area contributed by atoms with Crippen LogP contribution in [0.3, 0.4) is 0 Å². The van der Waals surface area contributed by atoms with Crippen LogP contribution in [0.25, 0.3) is 11.0 Å². The van der Waals surface area contributed by atoms with E-state index in [-0.39, 0.29) is 18.0 Å². The summed E-state index contributed by atoms with van der Waals surface area (Å²) in [6.45, 7) is 1.94. The van der Waals surface area contributed by atoms with Gasteiger partial charge in [0.2, 0.25) is 0 Å². The molecule has 0 atom stereocenters. The summed E-state index contributed by atoms with van der Waals surface area (Å²) in [5, 5.41) is 13.3. The van der Waals surface area contributed by atoms with E-state index in [1.54, 1.807) is 25.1 Å². The molecular formula is C15H13FN4O2. The Bertz CT molecular complexity index is 908. The van der Waals surface area contributed by atoms with Gasteiger partial charge in [-0.2, -0.15) is 0 Å². The predicted octanol–water partition coefficient (Wildman–Crippen LogP) is 2.09. The molecule has 22 heavy (non-hydrogen) atoms. The fourth-order valence-electron chi connectivity index (χ4n) is 2.27. The van der Waals surface area contributed by atoms with Gasteiger partial charge in [-0.25, -0.2) is 14.4 Å². The lowest BCUT2D eigenvalue weighted by Gasteiger charge is -2.12. The van der Waals surface area contributed by atoms with Gasteiger partial charge in [0.05, 0.1) is 16.8 Å². The molecule has 3 aromatic rings. The number of anilines is 1. The number of benzene rings is 1. The minimum absolute atomic E-state index is 0.107. The average Bonchev–Trinajstić information content (AvgIpc) is 2.51. The van der Waals surface area contributed by atoms with Crippen molar-refractivity contribution in [2.75, 3.05) is 5.32 Å². The lowest BCUT2D eigenvalue weighted by Crippen LogP contribution is -2.20. The Kier molecular flexibility index (Phi) is 3.46. The van der Waals surface area contributed by atoms with Crippen LogP contribution in [0.5, 0.6) is 0 Å². The number of aromatic nitrogens is 3. The average molecular weight is 300 g/mol. The summed E-state index contributed by atoms with van der Waals surface area (Å²) in [7, 11) is 0. The van der Waals surface area contributed by atoms with Crippen LogP contribution in [0.4, 0.5) is 10.1 Å². The van der Waals surface area contributed by atoms with Crippen LogP contribution in [-0.4, -0.2) is 19.9 Å². The first-order chi connectivity index (χ1) is 10.6. The molecule has 0 spiro atoms. The zero-order valence-electron chi connectivity index (χ0n) is 11.7. The number of hydrogen-bond acceptors (Lipinski definition) is 5. The molecule has 2 aromatic heterocycles. The number of rotatable bonds is 3. The second-order valence-electron chi connectivity index (χ2n) is 4.81. The zero-order valence-corrected chi connectivity index (χ0v) is 11.7. The largest absolute Gasteiger partial charge is 0.423 e. The van der Waals surface area contributed by atoms with Gasteiger partial charge < -0.3 is 10.5 Å². The van der Waals surface area contributed by atoms with Gasteiger partial charge in [-0.3, -0.25) is 4.79 Å². The van der Waals surface area contributed by atoms with Crippen molar-refractivity contribution in [3.05, 3.63) is 64.1 Å². The molecule has 1 aromatic carbocycles. The Morgan fingerprint density at radius 3 is 2.86 bits per heavy atom. The number of hydrogen-bond donors (Lipinski definition) is 2. The third-order valence-electron chi connectivity index (χ3n) is 3.39. The molecule has 112 valence electrons. The van der Waals surface area contributed by atoms with E-state index in [1.165, 1.54) is 18.5 Å². The Morgan fingerprint density at radius 2 is 2.09 bits per heavy atom. The molecular weight excluding hydrogens is 287 g/mol. The van der Waals surface area contributed by atoms with E-state index in [0.29, 0.717) is 27.1 Å². The first-order valence-corrected chi connectivity index (χ1v) is 6.62. The van der Waals surface area contributed by atoms with Crippen molar-refractivity contribution in [1.82, 2.24) is 14.7 Å². The monoisotopic (exact) mass is 300 g/mol. The van der Waals surface area contributed by atoms with E-state index < -0.39 is 5.56 Å². The standard InChI is InChI=1S/C15H13FN4O2/c1-9-14-12(17-7-10-4-2-3-5-11(10)16)6-13(21)20(22)15(14)19-8-18-9/h2-6,8,17,22H,7H2,1H3. The minimum atomic E-state index is -0.623. The molecule has 0 unspecified atom stereocenters. The molecule has 0 aliphatic carbocycles. The van der Waals surface area contributed by atoms with Crippen molar-refractivity contribution in [2.45, 2.75) is 13.5 Å². The highest BCUT2D eigenvalue weighted by atomic mass is 19.1. The van der Waals surface area contributed by atoms with Gasteiger partial charge >= 0.3 is 0 Å². The second-order valence-corrected chi connectivity index (χ2v) is 4.81. The van der Waals surface area contributed by atoms with E-state index in [1.807, 2.05) is 0 Å². The highest BCUT2D eigenvalue weighted by molar-refractivity contribution is 5.90. The first kappa shape index (κ1) is 14.0. The van der Waals surface area contributed by atoms with Crippen LogP contribution >= 0.6 is 0 Å². The molecule has 6 nitrogen and oxygen atoms in total. The van der Waals surface area contributed by atoms with E-state index in [0.717, 1.165) is 0 Å². The van der Waals surface area contributed by atoms with Gasteiger partial charge in [0, 0.05) is 18.2 Å². The van der Waals surface area contributed by atoms with Gasteiger partial charge in [-0.15, -0.1) is 4.73 Å². The maximum atomic E-state index is 13.7. The van der Waals surface area contributed by atoms with Crippen molar-refractivity contribution in [2.24, 2.45) is 0 Å². The van der Waals surface area contributed by atoms with Crippen LogP contribution in [-0.2, 0) is 6.54 Å². The molecule has 0 saturated heterocycles. The Balaban J connectivity index is 2.06. The molecule has 0 aliphatic heterocycles. The first-order valence-electron chi connectivity index (χ1n) is 6.62. The van der Waals surface area contributed by atoms with Crippen molar-refractivity contribution in [1.29, 1.82) is 0 Å². The topological polar surface area (TPSA) is 80.0 Å². The fraction of sp³-hybridized carbons (Fsp3) is 0.133. The van der Waals surface area contributed by atoms with Crippen LogP contribution in [0.1, 0.15) is 11.3 Å². The van der Waals surface area contributed by atoms with E-state index in [9.17, 15) is 14.4 Å². The van der Waals surface area contributed by atoms with Gasteiger partial charge in [0.15, 0.2) is 5.65 Å². The molecule has 0 aliphatic rings. The lowest BCUT2D eigenvalue weighted by atomic mass is 10.2. The second kappa shape index (κ2) is 5.44. The fourth-order valence-corrected chi connectivity index (χ4v) is 2.27. The van der Waals surface area contributed by atoms with Crippen molar-refractivity contribution in [3.63, 3.8) is 0 Å². The summed E-state index contributed by atoms with van der Waals surface area (Å²) < 4.78 is 14.1. The third-order valence-corrected chi connectivity index (χ3v) is 3.39. The van der Waals surface area contributed by atoms with Crippen LogP contribution < -0.4 is 10.9 Å². The normalized spacial score (nSPS) is 10.8. The molecule has 0 amide bonds. The number of aryl methyl sites for hydroxylation is 1. The summed E-state index contributed by atoms with van der Waals surface area (Å²) >= 11 is 0. The predicted molar refractivity (Wildman–Crippen MR) is 79.4 cm³/mol. The Morgan fingerprint density at radius 1 is 1.32 bits per heavy atom. The SMILES string of the molecule is Cc1ncnc2c1c(NCc1ccccc1F)cc(=O)n2O. The number of fused-ring (bicyclic) bond motifs is 1. The van der Waals surface area contributed by atoms with Crippen molar-refractivity contribution >= 4 is 16.7 Å². The molecule has 3 rings (SSSR count). The summed E-state index contributed by atoms with van der Waals surface area (Å²) in [6, 6.07) is 7.60. The van der Waals surface area contributed by atoms with Crippen LogP contribution in [0, 0.1) is 12.7 Å². The van der Waals surface area contributed by atoms with Gasteiger partial charge in [0.25, 0.3) is 5.56 Å². The van der Waals surface area contributed by atoms with E-state index in [2.05, 4.69) is 15.3 Å². The lowest BCUT2D eigenvalue weighted by molar-refractivity contribution is 0.186. The smallest absolute Gasteiger partial charge is 0.286 e. The van der Waals surface area contributed by atoms with E-state index >= 15 is 0 Å². The van der Waals surface area contributed by atoms with Crippen LogP contribution in [0.2, 0.25) is 0 Å². The highest BCUT2D eigenvalue weighted by Gasteiger charge is 2.12. The molecule has 0 saturated carbocycles. The Hall–Kier alpha value is -2.96. The molecule has 7 heteroatoms. The maximum absolute atomic E-state index is 13.7. The maximum Gasteiger partial charge on any atom is 0.286 e. The zero-order chi connectivity index (χ0) is 15.7. The van der Waals surface area contributed by atoms with E-state index in [4.69, 9.17) is 0 Å². The quantitative estimate of drug-likeness (QED) is 0.724. The van der Waals surface area contributed by atoms with Gasteiger partial charge in [0.1, 0.15) is 12.1 Å². The molecule has 0 radical (unpaired) electrons. The van der Waals surface area contributed by atoms with Gasteiger partial charge in [-0.05, 0) is 13.0 Å². The van der Waals surface area contributed by atoms with Crippen molar-refractivity contribution in [3.8, 4) is 0 Å². The highest BCUT2D eigenvalue weighted by Crippen LogP contribution is 2.22. The minimum Gasteiger partial charge on any atom is -0.423 e. The molecule has 0 bridgehead atoms. The van der Waals surface area contributed by atoms with Crippen LogP contribution in [0.15, 0.2) is 41.5 Å². The number of halogens is 1. The number of pyridine rings is 1. The Labute approximate surface area is 124 Å². The summed E-state index contributed by atoms with van der Waals surface area (Å²) in [6.07, 6.45) is 1.27. The summed E-state index contributed by atoms with van der Waals surface area (Å²) in [4.78, 5) is 19.8. The summed E-state index contributed by atoms with van der Waals surface area (Å²) in [5.74, 6) is -0.331. The molecule has 2 N–H and O–H groups in total. The third kappa shape index (κ3) is 2.37. The van der Waals surface area contributed by atoms with Crippen molar-refractivity contribution < 1.29 is 9.60 Å². The number of nitrogens with one attached hydrogen (secondary N) is 1.